The molecule has 0 saturated heterocycles. The molecule has 29 heavy (non-hydrogen) atoms. The van der Waals surface area contributed by atoms with Crippen molar-refractivity contribution in [1.29, 1.82) is 0 Å². The van der Waals surface area contributed by atoms with Gasteiger partial charge in [-0.2, -0.15) is 0 Å². The zero-order valence-corrected chi connectivity index (χ0v) is 17.5. The van der Waals surface area contributed by atoms with E-state index in [9.17, 15) is 14.7 Å². The molecule has 4 fully saturated rings. The number of benzene rings is 1. The molecule has 1 N–H and O–H groups in total. The molecule has 4 saturated carbocycles. The zero-order valence-electron chi connectivity index (χ0n) is 17.5. The SMILES string of the molecule is CC(C)C[C@H](NC(=O)COc1ccc(C23CC4CC(CC(C4)C2)C3)cc1)C(=O)[O-]. The summed E-state index contributed by atoms with van der Waals surface area (Å²) in [5.41, 5.74) is 1.77. The second-order valence-electron chi connectivity index (χ2n) is 10.1. The summed E-state index contributed by atoms with van der Waals surface area (Å²) in [5, 5.41) is 13.7. The average molecular weight is 399 g/mol. The molecule has 0 aromatic heterocycles. The van der Waals surface area contributed by atoms with E-state index in [1.165, 1.54) is 44.1 Å². The van der Waals surface area contributed by atoms with Gasteiger partial charge in [0.2, 0.25) is 0 Å². The van der Waals surface area contributed by atoms with Crippen LogP contribution in [0.5, 0.6) is 5.75 Å². The van der Waals surface area contributed by atoms with Crippen molar-refractivity contribution in [3.63, 3.8) is 0 Å². The Bertz CT molecular complexity index is 719. The molecule has 158 valence electrons. The van der Waals surface area contributed by atoms with Crippen LogP contribution in [0.15, 0.2) is 24.3 Å². The van der Waals surface area contributed by atoms with Gasteiger partial charge in [-0.3, -0.25) is 4.79 Å². The molecule has 1 aromatic rings. The minimum absolute atomic E-state index is 0.149. The lowest BCUT2D eigenvalue weighted by Gasteiger charge is -2.57. The highest BCUT2D eigenvalue weighted by Crippen LogP contribution is 2.60. The Balaban J connectivity index is 1.33. The Morgan fingerprint density at radius 3 is 2.10 bits per heavy atom. The van der Waals surface area contributed by atoms with Crippen molar-refractivity contribution in [2.45, 2.75) is 70.3 Å². The third kappa shape index (κ3) is 4.44. The van der Waals surface area contributed by atoms with Crippen LogP contribution in [0, 0.1) is 23.7 Å². The van der Waals surface area contributed by atoms with E-state index in [1.807, 2.05) is 26.0 Å². The Kier molecular flexibility index (Phi) is 5.58. The molecule has 0 radical (unpaired) electrons. The smallest absolute Gasteiger partial charge is 0.258 e. The number of carbonyl (C=O) groups excluding carboxylic acids is 2. The van der Waals surface area contributed by atoms with Crippen molar-refractivity contribution in [2.24, 2.45) is 23.7 Å². The Morgan fingerprint density at radius 2 is 1.62 bits per heavy atom. The molecular weight excluding hydrogens is 366 g/mol. The van der Waals surface area contributed by atoms with Crippen LogP contribution in [0.1, 0.15) is 64.4 Å². The van der Waals surface area contributed by atoms with E-state index in [4.69, 9.17) is 4.74 Å². The topological polar surface area (TPSA) is 78.5 Å². The van der Waals surface area contributed by atoms with Gasteiger partial charge in [-0.25, -0.2) is 0 Å². The van der Waals surface area contributed by atoms with Crippen LogP contribution in [-0.2, 0) is 15.0 Å². The third-order valence-corrected chi connectivity index (χ3v) is 7.20. The van der Waals surface area contributed by atoms with E-state index in [1.54, 1.807) is 0 Å². The van der Waals surface area contributed by atoms with Gasteiger partial charge < -0.3 is 20.0 Å². The van der Waals surface area contributed by atoms with Crippen molar-refractivity contribution < 1.29 is 19.4 Å². The predicted octanol–water partition coefficient (Wildman–Crippen LogP) is 2.81. The number of rotatable bonds is 8. The number of carboxylic acid groups (broad SMARTS) is 1. The van der Waals surface area contributed by atoms with E-state index in [0.29, 0.717) is 17.6 Å². The number of hydrogen-bond acceptors (Lipinski definition) is 4. The van der Waals surface area contributed by atoms with Crippen LogP contribution in [0.3, 0.4) is 0 Å². The monoisotopic (exact) mass is 398 g/mol. The number of aliphatic carboxylic acids is 1. The zero-order chi connectivity index (χ0) is 20.6. The van der Waals surface area contributed by atoms with Crippen molar-refractivity contribution in [1.82, 2.24) is 5.32 Å². The lowest BCUT2D eigenvalue weighted by molar-refractivity contribution is -0.308. The first-order valence-corrected chi connectivity index (χ1v) is 11.1. The summed E-state index contributed by atoms with van der Waals surface area (Å²) >= 11 is 0. The van der Waals surface area contributed by atoms with Crippen molar-refractivity contribution >= 4 is 11.9 Å². The van der Waals surface area contributed by atoms with Gasteiger partial charge in [0, 0.05) is 0 Å². The lowest BCUT2D eigenvalue weighted by Crippen LogP contribution is -2.49. The summed E-state index contributed by atoms with van der Waals surface area (Å²) in [4.78, 5) is 23.3. The van der Waals surface area contributed by atoms with Crippen molar-refractivity contribution in [2.75, 3.05) is 6.61 Å². The Hall–Kier alpha value is -2.04. The van der Waals surface area contributed by atoms with Gasteiger partial charge in [0.15, 0.2) is 6.61 Å². The van der Waals surface area contributed by atoms with Crippen LogP contribution in [0.2, 0.25) is 0 Å². The molecule has 0 spiro atoms. The summed E-state index contributed by atoms with van der Waals surface area (Å²) in [5.74, 6) is 1.81. The van der Waals surface area contributed by atoms with Crippen LogP contribution in [0.4, 0.5) is 0 Å². The van der Waals surface area contributed by atoms with Crippen molar-refractivity contribution in [3.8, 4) is 5.75 Å². The maximum absolute atomic E-state index is 12.1. The molecule has 5 rings (SSSR count). The molecule has 0 unspecified atom stereocenters. The summed E-state index contributed by atoms with van der Waals surface area (Å²) in [7, 11) is 0. The highest BCUT2D eigenvalue weighted by atomic mass is 16.5. The highest BCUT2D eigenvalue weighted by molar-refractivity contribution is 5.83. The maximum atomic E-state index is 12.1. The van der Waals surface area contributed by atoms with Gasteiger partial charge >= 0.3 is 0 Å². The Morgan fingerprint density at radius 1 is 1.07 bits per heavy atom. The van der Waals surface area contributed by atoms with E-state index in [0.717, 1.165) is 17.8 Å². The first-order chi connectivity index (χ1) is 13.8. The predicted molar refractivity (Wildman–Crippen MR) is 108 cm³/mol. The molecule has 0 aliphatic heterocycles. The fourth-order valence-electron chi connectivity index (χ4n) is 6.44. The third-order valence-electron chi connectivity index (χ3n) is 7.20. The van der Waals surface area contributed by atoms with Crippen LogP contribution in [0.25, 0.3) is 0 Å². The molecule has 1 atom stereocenters. The highest BCUT2D eigenvalue weighted by Gasteiger charge is 2.51. The summed E-state index contributed by atoms with van der Waals surface area (Å²) in [6.45, 7) is 3.62. The second-order valence-corrected chi connectivity index (χ2v) is 10.1. The first-order valence-electron chi connectivity index (χ1n) is 11.1. The second kappa shape index (κ2) is 8.00. The van der Waals surface area contributed by atoms with Crippen LogP contribution >= 0.6 is 0 Å². The number of hydrogen-bond donors (Lipinski definition) is 1. The summed E-state index contributed by atoms with van der Waals surface area (Å²) < 4.78 is 5.60. The van der Waals surface area contributed by atoms with Crippen LogP contribution < -0.4 is 15.2 Å². The maximum Gasteiger partial charge on any atom is 0.258 e. The molecule has 0 heterocycles. The van der Waals surface area contributed by atoms with Gasteiger partial charge in [0.05, 0.1) is 12.0 Å². The van der Waals surface area contributed by atoms with Gasteiger partial charge in [-0.05, 0) is 91.7 Å². The van der Waals surface area contributed by atoms with Gasteiger partial charge in [0.25, 0.3) is 5.91 Å². The van der Waals surface area contributed by atoms with Gasteiger partial charge in [-0.15, -0.1) is 0 Å². The normalized spacial score (nSPS) is 30.9. The van der Waals surface area contributed by atoms with E-state index >= 15 is 0 Å². The summed E-state index contributed by atoms with van der Waals surface area (Å²) in [6.07, 6.45) is 8.59. The first kappa shape index (κ1) is 20.2. The quantitative estimate of drug-likeness (QED) is 0.730. The number of nitrogens with one attached hydrogen (secondary N) is 1. The molecular formula is C24H32NO4-. The van der Waals surface area contributed by atoms with Gasteiger partial charge in [-0.1, -0.05) is 26.0 Å². The minimum atomic E-state index is -1.26. The minimum Gasteiger partial charge on any atom is -0.548 e. The molecule has 5 nitrogen and oxygen atoms in total. The standard InChI is InChI=1S/C24H33NO4/c1-15(2)7-21(23(27)28)25-22(26)14-29-20-5-3-19(4-6-20)24-11-16-8-17(12-24)10-18(9-16)13-24/h3-6,15-18,21H,7-14H2,1-2H3,(H,25,26)(H,27,28)/p-1/t16?,17?,18?,21-,24?/m0/s1. The number of ether oxygens (including phenoxy) is 1. The van der Waals surface area contributed by atoms with E-state index in [-0.39, 0.29) is 12.5 Å². The van der Waals surface area contributed by atoms with Gasteiger partial charge in [0.1, 0.15) is 5.75 Å². The molecule has 1 amide bonds. The molecule has 4 aliphatic carbocycles. The molecule has 1 aromatic carbocycles. The van der Waals surface area contributed by atoms with Crippen molar-refractivity contribution in [3.05, 3.63) is 29.8 Å². The Labute approximate surface area is 173 Å². The van der Waals surface area contributed by atoms with E-state index in [2.05, 4.69) is 17.4 Å². The average Bonchev–Trinajstić information content (AvgIpc) is 2.65. The molecule has 4 aliphatic rings. The fourth-order valence-corrected chi connectivity index (χ4v) is 6.44. The lowest BCUT2D eigenvalue weighted by atomic mass is 9.48. The largest absolute Gasteiger partial charge is 0.548 e. The number of carboxylic acids is 1. The summed E-state index contributed by atoms with van der Waals surface area (Å²) in [6, 6.07) is 7.26. The van der Waals surface area contributed by atoms with Crippen LogP contribution in [-0.4, -0.2) is 24.5 Å². The molecule has 4 bridgehead atoms. The van der Waals surface area contributed by atoms with E-state index < -0.39 is 17.9 Å². The molecule has 5 heteroatoms. The number of carbonyl (C=O) groups is 2. The fraction of sp³-hybridized carbons (Fsp3) is 0.667. The number of amides is 1.